The Morgan fingerprint density at radius 2 is 1.44 bits per heavy atom. The van der Waals surface area contributed by atoms with Crippen molar-refractivity contribution in [1.29, 1.82) is 0 Å². The lowest BCUT2D eigenvalue weighted by molar-refractivity contribution is -0.144. The van der Waals surface area contributed by atoms with E-state index in [0.717, 1.165) is 0 Å². The van der Waals surface area contributed by atoms with Crippen LogP contribution in [0, 0.1) is 0 Å². The maximum absolute atomic E-state index is 12.8. The number of esters is 1. The summed E-state index contributed by atoms with van der Waals surface area (Å²) in [7, 11) is 1.19. The van der Waals surface area contributed by atoms with Crippen LogP contribution in [0.4, 0.5) is 4.79 Å². The molecular formula is C22H31N3O7. The molecule has 1 rings (SSSR count). The van der Waals surface area contributed by atoms with Crippen LogP contribution in [0.5, 0.6) is 0 Å². The first-order chi connectivity index (χ1) is 14.8. The summed E-state index contributed by atoms with van der Waals surface area (Å²) < 4.78 is 9.72. The molecule has 0 aliphatic rings. The SMILES string of the molecule is COC(=O)[C@H](C)NC(=O)[C@H](C)NC(=O)[C@H](CC(=O)c1ccccc1)NC(=O)OC(C)(C)C. The summed E-state index contributed by atoms with van der Waals surface area (Å²) in [4.78, 5) is 61.3. The molecule has 3 atom stereocenters. The fourth-order valence-corrected chi connectivity index (χ4v) is 2.54. The average molecular weight is 450 g/mol. The molecule has 0 unspecified atom stereocenters. The molecule has 0 radical (unpaired) electrons. The Morgan fingerprint density at radius 1 is 0.875 bits per heavy atom. The molecule has 176 valence electrons. The van der Waals surface area contributed by atoms with Crippen LogP contribution in [0.25, 0.3) is 0 Å². The number of nitrogens with one attached hydrogen (secondary N) is 3. The molecule has 0 fully saturated rings. The molecular weight excluding hydrogens is 418 g/mol. The number of methoxy groups -OCH3 is 1. The maximum Gasteiger partial charge on any atom is 0.408 e. The molecule has 0 aliphatic heterocycles. The second-order valence-corrected chi connectivity index (χ2v) is 8.18. The summed E-state index contributed by atoms with van der Waals surface area (Å²) in [5.41, 5.74) is -0.444. The third-order valence-electron chi connectivity index (χ3n) is 4.16. The Balaban J connectivity index is 2.90. The lowest BCUT2D eigenvalue weighted by atomic mass is 10.0. The standard InChI is InChI=1S/C22H31N3O7/c1-13(18(27)24-14(2)20(29)31-6)23-19(28)16(25-21(30)32-22(3,4)5)12-17(26)15-10-8-7-9-11-15/h7-11,13-14,16H,12H2,1-6H3,(H,23,28)(H,24,27)(H,25,30)/t13-,14-,16-/m0/s1. The average Bonchev–Trinajstić information content (AvgIpc) is 2.71. The molecule has 0 heterocycles. The van der Waals surface area contributed by atoms with Crippen molar-refractivity contribution >= 4 is 29.7 Å². The summed E-state index contributed by atoms with van der Waals surface area (Å²) in [5.74, 6) is -2.41. The van der Waals surface area contributed by atoms with Gasteiger partial charge < -0.3 is 25.4 Å². The van der Waals surface area contributed by atoms with Crippen molar-refractivity contribution in [2.75, 3.05) is 7.11 Å². The highest BCUT2D eigenvalue weighted by Crippen LogP contribution is 2.10. The van der Waals surface area contributed by atoms with E-state index in [1.165, 1.54) is 21.0 Å². The fourth-order valence-electron chi connectivity index (χ4n) is 2.54. The van der Waals surface area contributed by atoms with Crippen molar-refractivity contribution in [2.24, 2.45) is 0 Å². The van der Waals surface area contributed by atoms with Crippen molar-refractivity contribution in [3.05, 3.63) is 35.9 Å². The van der Waals surface area contributed by atoms with Gasteiger partial charge >= 0.3 is 12.1 Å². The summed E-state index contributed by atoms with van der Waals surface area (Å²) in [6.07, 6.45) is -1.22. The van der Waals surface area contributed by atoms with Gasteiger partial charge in [0.1, 0.15) is 23.7 Å². The van der Waals surface area contributed by atoms with Crippen LogP contribution in [-0.2, 0) is 23.9 Å². The smallest absolute Gasteiger partial charge is 0.408 e. The van der Waals surface area contributed by atoms with E-state index >= 15 is 0 Å². The van der Waals surface area contributed by atoms with Gasteiger partial charge in [0.05, 0.1) is 7.11 Å². The van der Waals surface area contributed by atoms with Crippen LogP contribution in [0.3, 0.4) is 0 Å². The summed E-state index contributed by atoms with van der Waals surface area (Å²) in [6.45, 7) is 7.81. The number of alkyl carbamates (subject to hydrolysis) is 1. The minimum atomic E-state index is -1.29. The van der Waals surface area contributed by atoms with E-state index in [1.807, 2.05) is 0 Å². The summed E-state index contributed by atoms with van der Waals surface area (Å²) in [5, 5.41) is 7.23. The van der Waals surface area contributed by atoms with Crippen LogP contribution in [0.15, 0.2) is 30.3 Å². The minimum absolute atomic E-state index is 0.345. The Labute approximate surface area is 187 Å². The highest BCUT2D eigenvalue weighted by atomic mass is 16.6. The van der Waals surface area contributed by atoms with Gasteiger partial charge in [-0.2, -0.15) is 0 Å². The van der Waals surface area contributed by atoms with Crippen LogP contribution in [0.2, 0.25) is 0 Å². The molecule has 10 heteroatoms. The van der Waals surface area contributed by atoms with E-state index in [9.17, 15) is 24.0 Å². The van der Waals surface area contributed by atoms with Crippen molar-refractivity contribution < 1.29 is 33.4 Å². The van der Waals surface area contributed by atoms with Crippen LogP contribution < -0.4 is 16.0 Å². The number of benzene rings is 1. The van der Waals surface area contributed by atoms with E-state index in [2.05, 4.69) is 20.7 Å². The van der Waals surface area contributed by atoms with Gasteiger partial charge in [0.15, 0.2) is 5.78 Å². The Bertz CT molecular complexity index is 834. The molecule has 1 aromatic carbocycles. The zero-order valence-corrected chi connectivity index (χ0v) is 19.2. The lowest BCUT2D eigenvalue weighted by Gasteiger charge is -2.24. The number of rotatable bonds is 9. The zero-order valence-electron chi connectivity index (χ0n) is 19.2. The Hall–Kier alpha value is -3.43. The van der Waals surface area contributed by atoms with Crippen molar-refractivity contribution in [3.63, 3.8) is 0 Å². The topological polar surface area (TPSA) is 140 Å². The molecule has 3 N–H and O–H groups in total. The molecule has 0 saturated carbocycles. The van der Waals surface area contributed by atoms with Crippen molar-refractivity contribution in [3.8, 4) is 0 Å². The molecule has 0 saturated heterocycles. The van der Waals surface area contributed by atoms with Gasteiger partial charge in [-0.1, -0.05) is 30.3 Å². The van der Waals surface area contributed by atoms with Gasteiger partial charge in [-0.3, -0.25) is 14.4 Å². The number of hydrogen-bond acceptors (Lipinski definition) is 7. The zero-order chi connectivity index (χ0) is 24.5. The largest absolute Gasteiger partial charge is 0.467 e. The normalized spacial score (nSPS) is 13.7. The predicted octanol–water partition coefficient (Wildman–Crippen LogP) is 1.34. The maximum atomic E-state index is 12.8. The van der Waals surface area contributed by atoms with Gasteiger partial charge in [0.25, 0.3) is 0 Å². The van der Waals surface area contributed by atoms with Gasteiger partial charge in [0.2, 0.25) is 11.8 Å². The molecule has 0 bridgehead atoms. The van der Waals surface area contributed by atoms with Crippen LogP contribution in [0.1, 0.15) is 51.4 Å². The molecule has 1 aromatic rings. The molecule has 3 amide bonds. The van der Waals surface area contributed by atoms with Crippen LogP contribution >= 0.6 is 0 Å². The van der Waals surface area contributed by atoms with E-state index in [0.29, 0.717) is 5.56 Å². The van der Waals surface area contributed by atoms with E-state index in [4.69, 9.17) is 4.74 Å². The first kappa shape index (κ1) is 26.6. The van der Waals surface area contributed by atoms with E-state index < -0.39 is 47.6 Å². The second kappa shape index (κ2) is 11.8. The number of carbonyl (C=O) groups excluding carboxylic acids is 5. The number of carbonyl (C=O) groups is 5. The lowest BCUT2D eigenvalue weighted by Crippen LogP contribution is -2.55. The Morgan fingerprint density at radius 3 is 1.97 bits per heavy atom. The molecule has 0 aliphatic carbocycles. The highest BCUT2D eigenvalue weighted by molar-refractivity contribution is 6.01. The number of ether oxygens (including phenoxy) is 2. The molecule has 0 aromatic heterocycles. The predicted molar refractivity (Wildman–Crippen MR) is 116 cm³/mol. The number of hydrogen-bond donors (Lipinski definition) is 3. The minimum Gasteiger partial charge on any atom is -0.467 e. The second-order valence-electron chi connectivity index (χ2n) is 8.18. The monoisotopic (exact) mass is 449 g/mol. The third kappa shape index (κ3) is 9.15. The molecule has 32 heavy (non-hydrogen) atoms. The van der Waals surface area contributed by atoms with Gasteiger partial charge in [-0.25, -0.2) is 9.59 Å². The number of Topliss-reactive ketones (excluding diaryl/α,β-unsaturated/α-hetero) is 1. The fraction of sp³-hybridized carbons (Fsp3) is 0.500. The van der Waals surface area contributed by atoms with E-state index in [-0.39, 0.29) is 12.2 Å². The van der Waals surface area contributed by atoms with Crippen molar-refractivity contribution in [1.82, 2.24) is 16.0 Å². The quantitative estimate of drug-likeness (QED) is 0.382. The van der Waals surface area contributed by atoms with Gasteiger partial charge in [-0.05, 0) is 34.6 Å². The first-order valence-corrected chi connectivity index (χ1v) is 10.1. The summed E-state index contributed by atoms with van der Waals surface area (Å²) >= 11 is 0. The molecule has 10 nitrogen and oxygen atoms in total. The highest BCUT2D eigenvalue weighted by Gasteiger charge is 2.29. The van der Waals surface area contributed by atoms with Crippen molar-refractivity contribution in [2.45, 2.75) is 64.8 Å². The van der Waals surface area contributed by atoms with E-state index in [1.54, 1.807) is 51.1 Å². The number of amides is 3. The third-order valence-corrected chi connectivity index (χ3v) is 4.16. The Kier molecular flexibility index (Phi) is 9.83. The number of ketones is 1. The van der Waals surface area contributed by atoms with Crippen LogP contribution in [-0.4, -0.2) is 60.5 Å². The summed E-state index contributed by atoms with van der Waals surface area (Å²) in [6, 6.07) is 5.04. The van der Waals surface area contributed by atoms with Gasteiger partial charge in [-0.15, -0.1) is 0 Å². The first-order valence-electron chi connectivity index (χ1n) is 10.1. The van der Waals surface area contributed by atoms with Gasteiger partial charge in [0, 0.05) is 12.0 Å². The molecule has 0 spiro atoms.